The lowest BCUT2D eigenvalue weighted by Gasteiger charge is -2.36. The number of amides is 1. The highest BCUT2D eigenvalue weighted by Crippen LogP contribution is 2.30. The minimum Gasteiger partial charge on any atom is -0.495 e. The summed E-state index contributed by atoms with van der Waals surface area (Å²) in [5.41, 5.74) is 0.305. The minimum absolute atomic E-state index is 0.000579. The van der Waals surface area contributed by atoms with E-state index in [1.54, 1.807) is 23.5 Å². The SMILES string of the molecule is COc1ccc(C(=O)NCC(c2cccs2)N2CCC(C)CC2)cc1S(=O)(=O)NC1CC1. The molecule has 1 aromatic carbocycles. The highest BCUT2D eigenvalue weighted by atomic mass is 32.2. The van der Waals surface area contributed by atoms with Gasteiger partial charge in [0.15, 0.2) is 0 Å². The lowest BCUT2D eigenvalue weighted by molar-refractivity contribution is 0.0914. The summed E-state index contributed by atoms with van der Waals surface area (Å²) in [6.45, 7) is 4.78. The monoisotopic (exact) mass is 477 g/mol. The number of thiophene rings is 1. The Hall–Kier alpha value is -1.94. The van der Waals surface area contributed by atoms with Crippen LogP contribution < -0.4 is 14.8 Å². The van der Waals surface area contributed by atoms with E-state index < -0.39 is 10.0 Å². The molecule has 1 unspecified atom stereocenters. The van der Waals surface area contributed by atoms with E-state index in [0.717, 1.165) is 44.7 Å². The summed E-state index contributed by atoms with van der Waals surface area (Å²) in [5, 5.41) is 5.09. The van der Waals surface area contributed by atoms with Gasteiger partial charge in [-0.3, -0.25) is 9.69 Å². The van der Waals surface area contributed by atoms with Crippen molar-refractivity contribution in [1.29, 1.82) is 0 Å². The van der Waals surface area contributed by atoms with E-state index in [1.807, 2.05) is 6.07 Å². The molecule has 1 aliphatic carbocycles. The topological polar surface area (TPSA) is 87.7 Å². The number of likely N-dealkylation sites (tertiary alicyclic amines) is 1. The summed E-state index contributed by atoms with van der Waals surface area (Å²) in [6, 6.07) is 8.79. The second-order valence-corrected chi connectivity index (χ2v) is 11.4. The highest BCUT2D eigenvalue weighted by molar-refractivity contribution is 7.89. The van der Waals surface area contributed by atoms with Gasteiger partial charge in [0, 0.05) is 23.0 Å². The molecule has 2 aliphatic rings. The summed E-state index contributed by atoms with van der Waals surface area (Å²) >= 11 is 1.70. The normalized spacial score (nSPS) is 18.9. The van der Waals surface area contributed by atoms with Crippen LogP contribution in [0.15, 0.2) is 40.6 Å². The van der Waals surface area contributed by atoms with Gasteiger partial charge in [-0.15, -0.1) is 11.3 Å². The first-order valence-corrected chi connectivity index (χ1v) is 13.5. The molecule has 2 heterocycles. The van der Waals surface area contributed by atoms with Crippen molar-refractivity contribution in [3.05, 3.63) is 46.2 Å². The van der Waals surface area contributed by atoms with Crippen LogP contribution in [0.3, 0.4) is 0 Å². The van der Waals surface area contributed by atoms with Crippen molar-refractivity contribution >= 4 is 27.3 Å². The third kappa shape index (κ3) is 5.51. The van der Waals surface area contributed by atoms with Gasteiger partial charge in [0.05, 0.1) is 13.2 Å². The fourth-order valence-electron chi connectivity index (χ4n) is 4.03. The van der Waals surface area contributed by atoms with Crippen LogP contribution >= 0.6 is 11.3 Å². The molecule has 2 N–H and O–H groups in total. The van der Waals surface area contributed by atoms with Crippen LogP contribution in [0.4, 0.5) is 0 Å². The van der Waals surface area contributed by atoms with Crippen molar-refractivity contribution < 1.29 is 17.9 Å². The quantitative estimate of drug-likeness (QED) is 0.578. The Morgan fingerprint density at radius 3 is 2.59 bits per heavy atom. The van der Waals surface area contributed by atoms with Gasteiger partial charge in [-0.05, 0) is 74.3 Å². The highest BCUT2D eigenvalue weighted by Gasteiger charge is 2.31. The second kappa shape index (κ2) is 9.91. The summed E-state index contributed by atoms with van der Waals surface area (Å²) in [7, 11) is -2.32. The van der Waals surface area contributed by atoms with Gasteiger partial charge >= 0.3 is 0 Å². The fraction of sp³-hybridized carbons (Fsp3) is 0.522. The fourth-order valence-corrected chi connectivity index (χ4v) is 6.39. The number of rotatable bonds is 9. The number of hydrogen-bond donors (Lipinski definition) is 2. The summed E-state index contributed by atoms with van der Waals surface area (Å²) in [4.78, 5) is 16.7. The molecule has 0 spiro atoms. The first-order valence-electron chi connectivity index (χ1n) is 11.1. The molecule has 9 heteroatoms. The van der Waals surface area contributed by atoms with E-state index in [4.69, 9.17) is 4.74 Å². The van der Waals surface area contributed by atoms with Crippen LogP contribution in [0.5, 0.6) is 5.75 Å². The maximum atomic E-state index is 13.0. The molecule has 1 aromatic heterocycles. The number of nitrogens with zero attached hydrogens (tertiary/aromatic N) is 1. The molecule has 1 saturated heterocycles. The van der Waals surface area contributed by atoms with Crippen molar-refractivity contribution in [2.24, 2.45) is 5.92 Å². The molecule has 174 valence electrons. The van der Waals surface area contributed by atoms with E-state index in [1.165, 1.54) is 18.1 Å². The predicted molar refractivity (Wildman–Crippen MR) is 126 cm³/mol. The average molecular weight is 478 g/mol. The molecule has 1 saturated carbocycles. The number of carbonyl (C=O) groups is 1. The van der Waals surface area contributed by atoms with Crippen molar-refractivity contribution in [2.75, 3.05) is 26.7 Å². The Balaban J connectivity index is 1.49. The van der Waals surface area contributed by atoms with E-state index in [2.05, 4.69) is 33.3 Å². The number of benzene rings is 1. The van der Waals surface area contributed by atoms with Gasteiger partial charge in [0.2, 0.25) is 10.0 Å². The second-order valence-electron chi connectivity index (χ2n) is 8.72. The zero-order chi connectivity index (χ0) is 22.7. The number of hydrogen-bond acceptors (Lipinski definition) is 6. The van der Waals surface area contributed by atoms with Gasteiger partial charge < -0.3 is 10.1 Å². The molecule has 4 rings (SSSR count). The van der Waals surface area contributed by atoms with Crippen LogP contribution in [-0.4, -0.2) is 52.0 Å². The van der Waals surface area contributed by atoms with Crippen LogP contribution in [-0.2, 0) is 10.0 Å². The molecule has 7 nitrogen and oxygen atoms in total. The molecule has 1 atom stereocenters. The third-order valence-corrected chi connectivity index (χ3v) is 8.72. The third-order valence-electron chi connectivity index (χ3n) is 6.20. The largest absolute Gasteiger partial charge is 0.495 e. The Labute approximate surface area is 194 Å². The first kappa shape index (κ1) is 23.2. The average Bonchev–Trinajstić information content (AvgIpc) is 3.42. The molecule has 2 fully saturated rings. The molecule has 0 bridgehead atoms. The van der Waals surface area contributed by atoms with Gasteiger partial charge in [0.1, 0.15) is 10.6 Å². The lowest BCUT2D eigenvalue weighted by atomic mass is 9.97. The Bertz CT molecular complexity index is 1030. The molecular weight excluding hydrogens is 446 g/mol. The molecule has 2 aromatic rings. The Morgan fingerprint density at radius 1 is 1.22 bits per heavy atom. The summed E-state index contributed by atoms with van der Waals surface area (Å²) < 4.78 is 33.4. The van der Waals surface area contributed by atoms with Crippen LogP contribution in [0.1, 0.15) is 53.9 Å². The van der Waals surface area contributed by atoms with Crippen molar-refractivity contribution in [3.8, 4) is 5.75 Å². The maximum absolute atomic E-state index is 13.0. The number of carbonyl (C=O) groups excluding carboxylic acids is 1. The van der Waals surface area contributed by atoms with Crippen LogP contribution in [0, 0.1) is 5.92 Å². The minimum atomic E-state index is -3.75. The molecular formula is C23H31N3O4S2. The molecule has 1 aliphatic heterocycles. The van der Waals surface area contributed by atoms with Gasteiger partial charge in [-0.25, -0.2) is 13.1 Å². The van der Waals surface area contributed by atoms with Crippen molar-refractivity contribution in [2.45, 2.75) is 49.6 Å². The molecule has 1 amide bonds. The van der Waals surface area contributed by atoms with Crippen LogP contribution in [0.25, 0.3) is 0 Å². The van der Waals surface area contributed by atoms with E-state index in [9.17, 15) is 13.2 Å². The van der Waals surface area contributed by atoms with E-state index >= 15 is 0 Å². The molecule has 0 radical (unpaired) electrons. The summed E-state index contributed by atoms with van der Waals surface area (Å²) in [5.74, 6) is 0.671. The predicted octanol–water partition coefficient (Wildman–Crippen LogP) is 3.40. The Morgan fingerprint density at radius 2 is 1.97 bits per heavy atom. The summed E-state index contributed by atoms with van der Waals surface area (Å²) in [6.07, 6.45) is 3.98. The maximum Gasteiger partial charge on any atom is 0.251 e. The number of methoxy groups -OCH3 is 1. The number of ether oxygens (including phenoxy) is 1. The van der Waals surface area contributed by atoms with Crippen LogP contribution in [0.2, 0.25) is 0 Å². The Kier molecular flexibility index (Phi) is 7.19. The zero-order valence-corrected chi connectivity index (χ0v) is 20.2. The van der Waals surface area contributed by atoms with Crippen molar-refractivity contribution in [3.63, 3.8) is 0 Å². The smallest absolute Gasteiger partial charge is 0.251 e. The van der Waals surface area contributed by atoms with Gasteiger partial charge in [-0.1, -0.05) is 13.0 Å². The molecule has 32 heavy (non-hydrogen) atoms. The number of piperidine rings is 1. The van der Waals surface area contributed by atoms with Gasteiger partial charge in [0.25, 0.3) is 5.91 Å². The lowest BCUT2D eigenvalue weighted by Crippen LogP contribution is -2.41. The first-order chi connectivity index (χ1) is 15.4. The standard InChI is InChI=1S/C23H31N3O4S2/c1-16-9-11-26(12-10-16)19(21-4-3-13-31-21)15-24-23(27)17-5-8-20(30-2)22(14-17)32(28,29)25-18-6-7-18/h3-5,8,13-14,16,18-19,25H,6-7,9-12,15H2,1-2H3,(H,24,27). The zero-order valence-electron chi connectivity index (χ0n) is 18.5. The van der Waals surface area contributed by atoms with E-state index in [0.29, 0.717) is 12.1 Å². The number of sulfonamides is 1. The van der Waals surface area contributed by atoms with Gasteiger partial charge in [-0.2, -0.15) is 0 Å². The number of nitrogens with one attached hydrogen (secondary N) is 2. The van der Waals surface area contributed by atoms with E-state index in [-0.39, 0.29) is 28.6 Å². The van der Waals surface area contributed by atoms with Crippen molar-refractivity contribution in [1.82, 2.24) is 14.9 Å².